The maximum Gasteiger partial charge on any atom is 0.272 e. The number of piperazine rings is 1. The van der Waals surface area contributed by atoms with Gasteiger partial charge in [-0.1, -0.05) is 41.9 Å². The third-order valence-corrected chi connectivity index (χ3v) is 6.35. The smallest absolute Gasteiger partial charge is 0.272 e. The van der Waals surface area contributed by atoms with Crippen LogP contribution in [0.1, 0.15) is 16.1 Å². The number of carbonyl (C=O) groups excluding carboxylic acids is 1. The number of hydrogen-bond acceptors (Lipinski definition) is 7. The molecule has 0 bridgehead atoms. The van der Waals surface area contributed by atoms with E-state index < -0.39 is 0 Å². The van der Waals surface area contributed by atoms with E-state index in [-0.39, 0.29) is 5.91 Å². The third kappa shape index (κ3) is 4.83. The number of carbonyl (C=O) groups is 1. The molecule has 1 N–H and O–H groups in total. The lowest BCUT2D eigenvalue weighted by Gasteiger charge is -2.37. The van der Waals surface area contributed by atoms with Crippen molar-refractivity contribution >= 4 is 39.8 Å². The number of pyridine rings is 1. The predicted octanol–water partition coefficient (Wildman–Crippen LogP) is 3.94. The Bertz CT molecular complexity index is 1340. The Hall–Kier alpha value is -3.91. The van der Waals surface area contributed by atoms with Crippen LogP contribution in [0.25, 0.3) is 10.8 Å². The maximum absolute atomic E-state index is 12.9. The van der Waals surface area contributed by atoms with Crippen molar-refractivity contribution in [2.24, 2.45) is 0 Å². The second kappa shape index (κ2) is 10.1. The van der Waals surface area contributed by atoms with Crippen LogP contribution < -0.4 is 19.9 Å². The van der Waals surface area contributed by atoms with Crippen LogP contribution in [0.4, 0.5) is 11.5 Å². The first-order valence-electron chi connectivity index (χ1n) is 11.4. The fourth-order valence-electron chi connectivity index (χ4n) is 4.33. The van der Waals surface area contributed by atoms with Crippen LogP contribution in [0, 0.1) is 0 Å². The number of fused-ring (bicyclic) bond motifs is 1. The average Bonchev–Trinajstić information content (AvgIpc) is 2.92. The van der Waals surface area contributed by atoms with Gasteiger partial charge < -0.3 is 19.9 Å². The fraction of sp³-hybridized carbons (Fsp3) is 0.231. The summed E-state index contributed by atoms with van der Waals surface area (Å²) < 4.78 is 5.53. The maximum atomic E-state index is 12.9. The van der Waals surface area contributed by atoms with Crippen molar-refractivity contribution in [2.75, 3.05) is 43.1 Å². The van der Waals surface area contributed by atoms with Gasteiger partial charge in [-0.05, 0) is 29.8 Å². The summed E-state index contributed by atoms with van der Waals surface area (Å²) in [4.78, 5) is 21.5. The lowest BCUT2D eigenvalue weighted by molar-refractivity contribution is 0.0947. The molecule has 0 radical (unpaired) electrons. The van der Waals surface area contributed by atoms with E-state index in [1.54, 1.807) is 19.5 Å². The molecule has 4 aromatic rings. The summed E-state index contributed by atoms with van der Waals surface area (Å²) in [7, 11) is 1.67. The SMILES string of the molecule is COc1ccc(Cl)cc1N1CCN(c2nnc(C(=O)NCc3cccnc3)c3ccccc23)CC1. The summed E-state index contributed by atoms with van der Waals surface area (Å²) in [6, 6.07) is 17.2. The van der Waals surface area contributed by atoms with Crippen LogP contribution in [0.3, 0.4) is 0 Å². The van der Waals surface area contributed by atoms with Gasteiger partial charge >= 0.3 is 0 Å². The molecule has 2 aromatic heterocycles. The highest BCUT2D eigenvalue weighted by Crippen LogP contribution is 2.33. The van der Waals surface area contributed by atoms with Crippen molar-refractivity contribution in [1.29, 1.82) is 0 Å². The van der Waals surface area contributed by atoms with E-state index in [9.17, 15) is 4.79 Å². The quantitative estimate of drug-likeness (QED) is 0.440. The molecule has 1 aliphatic rings. The molecule has 0 atom stereocenters. The second-order valence-electron chi connectivity index (χ2n) is 8.25. The molecule has 0 saturated carbocycles. The number of hydrogen-bond donors (Lipinski definition) is 1. The number of benzene rings is 2. The van der Waals surface area contributed by atoms with E-state index in [1.165, 1.54) is 0 Å². The Kier molecular flexibility index (Phi) is 6.63. The molecule has 0 unspecified atom stereocenters. The van der Waals surface area contributed by atoms with Gasteiger partial charge in [0.1, 0.15) is 5.75 Å². The van der Waals surface area contributed by atoms with Gasteiger partial charge in [-0.25, -0.2) is 0 Å². The Morgan fingerprint density at radius 1 is 1.00 bits per heavy atom. The molecule has 35 heavy (non-hydrogen) atoms. The highest BCUT2D eigenvalue weighted by atomic mass is 35.5. The molecular formula is C26H25ClN6O2. The third-order valence-electron chi connectivity index (χ3n) is 6.12. The second-order valence-corrected chi connectivity index (χ2v) is 8.69. The zero-order chi connectivity index (χ0) is 24.2. The van der Waals surface area contributed by atoms with E-state index in [1.807, 2.05) is 54.6 Å². The largest absolute Gasteiger partial charge is 0.495 e. The number of aromatic nitrogens is 3. The molecule has 3 heterocycles. The minimum absolute atomic E-state index is 0.262. The number of anilines is 2. The first-order valence-corrected chi connectivity index (χ1v) is 11.8. The molecule has 1 saturated heterocycles. The summed E-state index contributed by atoms with van der Waals surface area (Å²) in [5.74, 6) is 1.32. The van der Waals surface area contributed by atoms with Crippen molar-refractivity contribution in [3.8, 4) is 5.75 Å². The van der Waals surface area contributed by atoms with Gasteiger partial charge in [0.25, 0.3) is 5.91 Å². The molecule has 5 rings (SSSR count). The van der Waals surface area contributed by atoms with Gasteiger partial charge in [0.15, 0.2) is 11.5 Å². The highest BCUT2D eigenvalue weighted by Gasteiger charge is 2.24. The summed E-state index contributed by atoms with van der Waals surface area (Å²) >= 11 is 6.23. The normalized spacial score (nSPS) is 13.7. The number of amides is 1. The highest BCUT2D eigenvalue weighted by molar-refractivity contribution is 6.31. The van der Waals surface area contributed by atoms with Crippen LogP contribution in [0.2, 0.25) is 5.02 Å². The van der Waals surface area contributed by atoms with Gasteiger partial charge in [-0.3, -0.25) is 9.78 Å². The summed E-state index contributed by atoms with van der Waals surface area (Å²) in [6.45, 7) is 3.43. The van der Waals surface area contributed by atoms with Crippen LogP contribution in [-0.2, 0) is 6.54 Å². The zero-order valence-electron chi connectivity index (χ0n) is 19.3. The zero-order valence-corrected chi connectivity index (χ0v) is 20.1. The van der Waals surface area contributed by atoms with Crippen molar-refractivity contribution in [3.63, 3.8) is 0 Å². The molecule has 0 spiro atoms. The molecular weight excluding hydrogens is 464 g/mol. The van der Waals surface area contributed by atoms with Crippen LogP contribution in [0.5, 0.6) is 5.75 Å². The van der Waals surface area contributed by atoms with Gasteiger partial charge in [0, 0.05) is 60.9 Å². The fourth-order valence-corrected chi connectivity index (χ4v) is 4.50. The first-order chi connectivity index (χ1) is 17.1. The van der Waals surface area contributed by atoms with Gasteiger partial charge in [0.05, 0.1) is 12.8 Å². The van der Waals surface area contributed by atoms with Crippen LogP contribution in [-0.4, -0.2) is 54.4 Å². The average molecular weight is 489 g/mol. The van der Waals surface area contributed by atoms with Crippen molar-refractivity contribution in [2.45, 2.75) is 6.54 Å². The molecule has 8 nitrogen and oxygen atoms in total. The Morgan fingerprint density at radius 2 is 1.77 bits per heavy atom. The number of halogens is 1. The van der Waals surface area contributed by atoms with Gasteiger partial charge in [0.2, 0.25) is 0 Å². The van der Waals surface area contributed by atoms with Crippen LogP contribution >= 0.6 is 11.6 Å². The Balaban J connectivity index is 1.35. The minimum Gasteiger partial charge on any atom is -0.495 e. The van der Waals surface area contributed by atoms with Gasteiger partial charge in [-0.2, -0.15) is 0 Å². The topological polar surface area (TPSA) is 83.5 Å². The lowest BCUT2D eigenvalue weighted by Crippen LogP contribution is -2.47. The number of rotatable bonds is 6. The molecule has 1 fully saturated rings. The van der Waals surface area contributed by atoms with Crippen LogP contribution in [0.15, 0.2) is 67.0 Å². The van der Waals surface area contributed by atoms with E-state index >= 15 is 0 Å². The van der Waals surface area contributed by atoms with E-state index in [4.69, 9.17) is 16.3 Å². The summed E-state index contributed by atoms with van der Waals surface area (Å²) in [5, 5.41) is 14.1. The predicted molar refractivity (Wildman–Crippen MR) is 137 cm³/mol. The number of nitrogens with one attached hydrogen (secondary N) is 1. The number of nitrogens with zero attached hydrogens (tertiary/aromatic N) is 5. The van der Waals surface area contributed by atoms with E-state index in [2.05, 4.69) is 30.3 Å². The molecule has 2 aromatic carbocycles. The molecule has 0 aliphatic carbocycles. The van der Waals surface area contributed by atoms with Crippen molar-refractivity contribution in [1.82, 2.24) is 20.5 Å². The minimum atomic E-state index is -0.262. The Labute approximate surface area is 208 Å². The number of ether oxygens (including phenoxy) is 1. The lowest BCUT2D eigenvalue weighted by atomic mass is 10.1. The number of methoxy groups -OCH3 is 1. The monoisotopic (exact) mass is 488 g/mol. The van der Waals surface area contributed by atoms with Gasteiger partial charge in [-0.15, -0.1) is 10.2 Å². The summed E-state index contributed by atoms with van der Waals surface area (Å²) in [5.41, 5.74) is 2.22. The summed E-state index contributed by atoms with van der Waals surface area (Å²) in [6.07, 6.45) is 3.43. The van der Waals surface area contributed by atoms with Crippen molar-refractivity contribution in [3.05, 3.63) is 83.3 Å². The molecule has 1 aliphatic heterocycles. The van der Waals surface area contributed by atoms with E-state index in [0.29, 0.717) is 17.3 Å². The standard InChI is InChI=1S/C26H25ClN6O2/c1-35-23-9-8-19(27)15-22(23)32-11-13-33(14-12-32)25-21-7-3-2-6-20(21)24(30-31-25)26(34)29-17-18-5-4-10-28-16-18/h2-10,15-16H,11-14,17H2,1H3,(H,29,34). The molecule has 9 heteroatoms. The first kappa shape index (κ1) is 22.9. The van der Waals surface area contributed by atoms with Crippen molar-refractivity contribution < 1.29 is 9.53 Å². The molecule has 178 valence electrons. The molecule has 1 amide bonds. The Morgan fingerprint density at radius 3 is 2.51 bits per heavy atom. The van der Waals surface area contributed by atoms with E-state index in [0.717, 1.165) is 59.8 Å².